The Morgan fingerprint density at radius 2 is 1.71 bits per heavy atom. The molecule has 1 fully saturated rings. The second kappa shape index (κ2) is 16.8. The summed E-state index contributed by atoms with van der Waals surface area (Å²) in [5, 5.41) is 26.9. The van der Waals surface area contributed by atoms with E-state index in [1.807, 2.05) is 70.3 Å². The fourth-order valence-electron chi connectivity index (χ4n) is 6.03. The maximum atomic E-state index is 14.1. The lowest BCUT2D eigenvalue weighted by Crippen LogP contribution is -2.57. The highest BCUT2D eigenvalue weighted by atomic mass is 32.2. The molecule has 3 aromatic rings. The van der Waals surface area contributed by atoms with Crippen molar-refractivity contribution in [1.82, 2.24) is 24.4 Å². The SMILES string of the molecule is Cc1nc(CN2CCN([C@H](C(=O)N[C@@H](Cc3ccccc3)[C@@H](O)CN(CC(C)C)S(=O)(=O)c3ccc(CCO)cc3)C(C)C)C2=O)cs1. The van der Waals surface area contributed by atoms with E-state index in [0.29, 0.717) is 26.1 Å². The van der Waals surface area contributed by atoms with Crippen molar-refractivity contribution in [2.45, 2.75) is 77.1 Å². The Labute approximate surface area is 288 Å². The summed E-state index contributed by atoms with van der Waals surface area (Å²) in [4.78, 5) is 35.4. The number of hydrogen-bond donors (Lipinski definition) is 3. The summed E-state index contributed by atoms with van der Waals surface area (Å²) < 4.78 is 29.0. The second-order valence-corrected chi connectivity index (χ2v) is 16.1. The number of aryl methyl sites for hydroxylation is 1. The number of rotatable bonds is 17. The molecule has 3 amide bonds. The molecule has 0 unspecified atom stereocenters. The van der Waals surface area contributed by atoms with Gasteiger partial charge in [-0.3, -0.25) is 4.79 Å². The van der Waals surface area contributed by atoms with Gasteiger partial charge in [0.1, 0.15) is 6.04 Å². The minimum absolute atomic E-state index is 0.0366. The number of carbonyl (C=O) groups is 2. The Morgan fingerprint density at radius 1 is 1.02 bits per heavy atom. The summed E-state index contributed by atoms with van der Waals surface area (Å²) in [6.07, 6.45) is -0.588. The van der Waals surface area contributed by atoms with Gasteiger partial charge in [-0.2, -0.15) is 4.31 Å². The van der Waals surface area contributed by atoms with Crippen molar-refractivity contribution in [2.75, 3.05) is 32.8 Å². The molecule has 1 aliphatic heterocycles. The number of sulfonamides is 1. The first-order valence-corrected chi connectivity index (χ1v) is 18.8. The van der Waals surface area contributed by atoms with Crippen LogP contribution in [0.4, 0.5) is 4.79 Å². The first-order chi connectivity index (χ1) is 22.8. The third-order valence-electron chi connectivity index (χ3n) is 8.39. The van der Waals surface area contributed by atoms with E-state index < -0.39 is 34.1 Å². The lowest BCUT2D eigenvalue weighted by atomic mass is 9.97. The number of nitrogens with zero attached hydrogens (tertiary/aromatic N) is 4. The van der Waals surface area contributed by atoms with Crippen LogP contribution in [-0.2, 0) is 34.2 Å². The van der Waals surface area contributed by atoms with Crippen LogP contribution in [0, 0.1) is 18.8 Å². The Bertz CT molecular complexity index is 1600. The zero-order valence-corrected chi connectivity index (χ0v) is 30.1. The molecule has 11 nitrogen and oxygen atoms in total. The van der Waals surface area contributed by atoms with Crippen molar-refractivity contribution in [3.8, 4) is 0 Å². The normalized spacial score (nSPS) is 15.8. The number of aliphatic hydroxyl groups is 2. The predicted octanol–water partition coefficient (Wildman–Crippen LogP) is 3.68. The highest BCUT2D eigenvalue weighted by Gasteiger charge is 2.40. The third-order valence-corrected chi connectivity index (χ3v) is 11.1. The smallest absolute Gasteiger partial charge is 0.321 e. The molecule has 2 aromatic carbocycles. The topological polar surface area (TPSA) is 143 Å². The largest absolute Gasteiger partial charge is 0.396 e. The Kier molecular flexibility index (Phi) is 13.1. The number of urea groups is 1. The van der Waals surface area contributed by atoms with Gasteiger partial charge in [0.15, 0.2) is 0 Å². The number of thiazole rings is 1. The molecule has 0 radical (unpaired) electrons. The minimum Gasteiger partial charge on any atom is -0.396 e. The lowest BCUT2D eigenvalue weighted by Gasteiger charge is -2.34. The van der Waals surface area contributed by atoms with Gasteiger partial charge in [-0.1, -0.05) is 70.2 Å². The van der Waals surface area contributed by atoms with E-state index in [1.54, 1.807) is 21.9 Å². The average Bonchev–Trinajstić information content (AvgIpc) is 3.61. The number of nitrogens with one attached hydrogen (secondary N) is 1. The molecule has 3 atom stereocenters. The van der Waals surface area contributed by atoms with Crippen LogP contribution in [0.3, 0.4) is 0 Å². The summed E-state index contributed by atoms with van der Waals surface area (Å²) >= 11 is 1.53. The molecular formula is C35H49N5O6S2. The maximum Gasteiger partial charge on any atom is 0.321 e. The second-order valence-electron chi connectivity index (χ2n) is 13.1. The first kappa shape index (κ1) is 37.5. The van der Waals surface area contributed by atoms with E-state index >= 15 is 0 Å². The highest BCUT2D eigenvalue weighted by molar-refractivity contribution is 7.89. The summed E-state index contributed by atoms with van der Waals surface area (Å²) in [5.74, 6) is -0.663. The molecule has 1 aliphatic rings. The monoisotopic (exact) mass is 699 g/mol. The summed E-state index contributed by atoms with van der Waals surface area (Å²) in [5.41, 5.74) is 2.49. The van der Waals surface area contributed by atoms with Gasteiger partial charge in [0.05, 0.1) is 34.3 Å². The van der Waals surface area contributed by atoms with Crippen LogP contribution < -0.4 is 5.32 Å². The van der Waals surface area contributed by atoms with E-state index in [2.05, 4.69) is 10.3 Å². The average molecular weight is 700 g/mol. The zero-order chi connectivity index (χ0) is 35.0. The molecule has 13 heteroatoms. The van der Waals surface area contributed by atoms with E-state index in [9.17, 15) is 28.2 Å². The molecule has 262 valence electrons. The molecule has 1 saturated heterocycles. The lowest BCUT2D eigenvalue weighted by molar-refractivity contribution is -0.128. The van der Waals surface area contributed by atoms with Crippen molar-refractivity contribution in [3.05, 3.63) is 81.8 Å². The molecule has 3 N–H and O–H groups in total. The number of benzene rings is 2. The number of carbonyl (C=O) groups excluding carboxylic acids is 2. The van der Waals surface area contributed by atoms with E-state index in [0.717, 1.165) is 21.8 Å². The Morgan fingerprint density at radius 3 is 2.29 bits per heavy atom. The van der Waals surface area contributed by atoms with Gasteiger partial charge < -0.3 is 25.3 Å². The molecule has 2 heterocycles. The number of hydrogen-bond acceptors (Lipinski definition) is 8. The Hall–Kier alpha value is -3.36. The van der Waals surface area contributed by atoms with Crippen molar-refractivity contribution in [3.63, 3.8) is 0 Å². The number of amides is 3. The molecule has 0 spiro atoms. The summed E-state index contributed by atoms with van der Waals surface area (Å²) in [6.45, 7) is 10.6. The molecule has 4 rings (SSSR count). The van der Waals surface area contributed by atoms with E-state index in [4.69, 9.17) is 0 Å². The Balaban J connectivity index is 1.56. The highest BCUT2D eigenvalue weighted by Crippen LogP contribution is 2.23. The van der Waals surface area contributed by atoms with Gasteiger partial charge in [-0.05, 0) is 54.9 Å². The van der Waals surface area contributed by atoms with Gasteiger partial charge in [-0.15, -0.1) is 11.3 Å². The first-order valence-electron chi connectivity index (χ1n) is 16.5. The molecule has 0 bridgehead atoms. The van der Waals surface area contributed by atoms with Crippen LogP contribution >= 0.6 is 11.3 Å². The van der Waals surface area contributed by atoms with Gasteiger partial charge in [0.2, 0.25) is 15.9 Å². The number of aliphatic hydroxyl groups excluding tert-OH is 2. The predicted molar refractivity (Wildman–Crippen MR) is 187 cm³/mol. The maximum absolute atomic E-state index is 14.1. The fraction of sp³-hybridized carbons (Fsp3) is 0.514. The van der Waals surface area contributed by atoms with Gasteiger partial charge in [0.25, 0.3) is 0 Å². The molecule has 0 saturated carbocycles. The van der Waals surface area contributed by atoms with Gasteiger partial charge in [-0.25, -0.2) is 18.2 Å². The fourth-order valence-corrected chi connectivity index (χ4v) is 8.25. The zero-order valence-electron chi connectivity index (χ0n) is 28.4. The quantitative estimate of drug-likeness (QED) is 0.195. The van der Waals surface area contributed by atoms with E-state index in [-0.39, 0.29) is 48.9 Å². The van der Waals surface area contributed by atoms with Crippen molar-refractivity contribution in [2.24, 2.45) is 11.8 Å². The van der Waals surface area contributed by atoms with Crippen molar-refractivity contribution < 1.29 is 28.2 Å². The van der Waals surface area contributed by atoms with Crippen molar-refractivity contribution >= 4 is 33.3 Å². The van der Waals surface area contributed by atoms with Gasteiger partial charge >= 0.3 is 6.03 Å². The molecule has 48 heavy (non-hydrogen) atoms. The van der Waals surface area contributed by atoms with Crippen LogP contribution in [0.15, 0.2) is 64.9 Å². The molecule has 0 aliphatic carbocycles. The van der Waals surface area contributed by atoms with Crippen LogP contribution in [0.1, 0.15) is 49.5 Å². The minimum atomic E-state index is -4.00. The van der Waals surface area contributed by atoms with Crippen LogP contribution in [0.5, 0.6) is 0 Å². The van der Waals surface area contributed by atoms with Crippen LogP contribution in [0.25, 0.3) is 0 Å². The number of aromatic nitrogens is 1. The summed E-state index contributed by atoms with van der Waals surface area (Å²) in [7, 11) is -4.00. The standard InChI is InChI=1S/C35H49N5O6S2/c1-24(2)20-39(48(45,46)30-13-11-27(12-14-30)15-18-41)22-32(42)31(19-28-9-7-6-8-10-28)37-34(43)33(25(3)4)40-17-16-38(35(40)44)21-29-23-47-26(5)36-29/h6-14,23-25,31-33,41-42H,15-22H2,1-5H3,(H,37,43)/t31-,32-,33-/m0/s1. The van der Waals surface area contributed by atoms with Crippen molar-refractivity contribution in [1.29, 1.82) is 0 Å². The molecular weight excluding hydrogens is 651 g/mol. The summed E-state index contributed by atoms with van der Waals surface area (Å²) in [6, 6.07) is 13.9. The van der Waals surface area contributed by atoms with Crippen LogP contribution in [0.2, 0.25) is 0 Å². The van der Waals surface area contributed by atoms with E-state index in [1.165, 1.54) is 27.8 Å². The van der Waals surface area contributed by atoms with Gasteiger partial charge in [0, 0.05) is 38.2 Å². The van der Waals surface area contributed by atoms with Crippen LogP contribution in [-0.4, -0.2) is 101 Å². The molecule has 1 aromatic heterocycles. The third kappa shape index (κ3) is 9.63.